The topological polar surface area (TPSA) is 74.8 Å². The van der Waals surface area contributed by atoms with Gasteiger partial charge in [0.05, 0.1) is 25.1 Å². The smallest absolute Gasteiger partial charge is 0.236 e. The molecule has 7 heteroatoms. The van der Waals surface area contributed by atoms with Gasteiger partial charge >= 0.3 is 0 Å². The molecule has 1 aliphatic heterocycles. The molecule has 2 amide bonds. The number of pyridine rings is 1. The number of hydrogen-bond donors (Lipinski definition) is 1. The van der Waals surface area contributed by atoms with E-state index in [0.717, 1.165) is 38.1 Å². The van der Waals surface area contributed by atoms with Gasteiger partial charge in [0.2, 0.25) is 11.8 Å². The monoisotopic (exact) mass is 414 g/mol. The molecule has 0 radical (unpaired) electrons. The molecule has 2 saturated carbocycles. The molecule has 0 spiro atoms. The Morgan fingerprint density at radius 3 is 2.67 bits per heavy atom. The molecule has 1 saturated heterocycles. The van der Waals surface area contributed by atoms with Crippen molar-refractivity contribution in [1.29, 1.82) is 0 Å². The third kappa shape index (κ3) is 5.58. The molecule has 3 aliphatic rings. The van der Waals surface area contributed by atoms with Gasteiger partial charge in [0, 0.05) is 32.1 Å². The number of hydrogen-bond acceptors (Lipinski definition) is 5. The number of amides is 2. The van der Waals surface area contributed by atoms with E-state index in [1.165, 1.54) is 12.8 Å². The summed E-state index contributed by atoms with van der Waals surface area (Å²) in [7, 11) is 3.85. The standard InChI is InChI=1S/C23H34N4O3/c1-26(2)14-23(29)27-12-18-9-20(25-22(28)8-17-4-3-7-24-11-17)21(10-19(18)13-27)30-15-16-5-6-16/h3-4,7,11,16,18-21H,5-6,8-10,12-15H2,1-2H3,(H,25,28)/t18-,19+,20-,21-/m0/s1. The van der Waals surface area contributed by atoms with Crippen LogP contribution in [0.25, 0.3) is 0 Å². The average molecular weight is 415 g/mol. The van der Waals surface area contributed by atoms with Crippen LogP contribution in [-0.4, -0.2) is 79.1 Å². The lowest BCUT2D eigenvalue weighted by Crippen LogP contribution is -2.51. The number of carbonyl (C=O) groups excluding carboxylic acids is 2. The van der Waals surface area contributed by atoms with Gasteiger partial charge in [0.1, 0.15) is 0 Å². The van der Waals surface area contributed by atoms with E-state index in [1.807, 2.05) is 36.0 Å². The first-order valence-electron chi connectivity index (χ1n) is 11.2. The largest absolute Gasteiger partial charge is 0.376 e. The highest BCUT2D eigenvalue weighted by Gasteiger charge is 2.44. The summed E-state index contributed by atoms with van der Waals surface area (Å²) >= 11 is 0. The Labute approximate surface area is 179 Å². The Morgan fingerprint density at radius 1 is 1.23 bits per heavy atom. The number of aromatic nitrogens is 1. The van der Waals surface area contributed by atoms with E-state index in [-0.39, 0.29) is 24.0 Å². The summed E-state index contributed by atoms with van der Waals surface area (Å²) in [6, 6.07) is 3.79. The summed E-state index contributed by atoms with van der Waals surface area (Å²) in [6.07, 6.45) is 8.13. The molecule has 7 nitrogen and oxygen atoms in total. The number of rotatable bonds is 8. The maximum Gasteiger partial charge on any atom is 0.236 e. The van der Waals surface area contributed by atoms with Crippen LogP contribution in [-0.2, 0) is 20.7 Å². The lowest BCUT2D eigenvalue weighted by Gasteiger charge is -2.38. The van der Waals surface area contributed by atoms with Crippen LogP contribution in [0, 0.1) is 17.8 Å². The zero-order valence-corrected chi connectivity index (χ0v) is 18.1. The van der Waals surface area contributed by atoms with E-state index in [4.69, 9.17) is 4.74 Å². The van der Waals surface area contributed by atoms with Crippen molar-refractivity contribution in [1.82, 2.24) is 20.1 Å². The molecule has 4 atom stereocenters. The van der Waals surface area contributed by atoms with Gasteiger partial charge in [-0.25, -0.2) is 0 Å². The van der Waals surface area contributed by atoms with Gasteiger partial charge in [-0.2, -0.15) is 0 Å². The zero-order valence-electron chi connectivity index (χ0n) is 18.1. The maximum absolute atomic E-state index is 12.7. The van der Waals surface area contributed by atoms with E-state index in [1.54, 1.807) is 12.4 Å². The Balaban J connectivity index is 1.38. The van der Waals surface area contributed by atoms with Crippen LogP contribution in [0.4, 0.5) is 0 Å². The van der Waals surface area contributed by atoms with Crippen molar-refractivity contribution in [2.45, 2.75) is 44.2 Å². The first-order valence-corrected chi connectivity index (χ1v) is 11.2. The summed E-state index contributed by atoms with van der Waals surface area (Å²) in [5, 5.41) is 3.25. The average Bonchev–Trinajstić information content (AvgIpc) is 3.44. The fourth-order valence-electron chi connectivity index (χ4n) is 4.81. The lowest BCUT2D eigenvalue weighted by atomic mass is 9.77. The minimum absolute atomic E-state index is 0.0121. The van der Waals surface area contributed by atoms with Crippen LogP contribution >= 0.6 is 0 Å². The molecule has 1 aromatic heterocycles. The number of likely N-dealkylation sites (tertiary alicyclic amines) is 1. The minimum Gasteiger partial charge on any atom is -0.376 e. The van der Waals surface area contributed by atoms with E-state index in [0.29, 0.717) is 30.7 Å². The maximum atomic E-state index is 12.7. The molecule has 0 bridgehead atoms. The zero-order chi connectivity index (χ0) is 21.1. The Hall–Kier alpha value is -1.99. The van der Waals surface area contributed by atoms with Crippen molar-refractivity contribution in [3.05, 3.63) is 30.1 Å². The van der Waals surface area contributed by atoms with Crippen molar-refractivity contribution in [2.75, 3.05) is 40.3 Å². The Morgan fingerprint density at radius 2 is 2.00 bits per heavy atom. The molecule has 2 heterocycles. The van der Waals surface area contributed by atoms with Crippen molar-refractivity contribution in [2.24, 2.45) is 17.8 Å². The molecule has 2 aliphatic carbocycles. The van der Waals surface area contributed by atoms with Gasteiger partial charge in [-0.3, -0.25) is 14.6 Å². The molecule has 30 heavy (non-hydrogen) atoms. The van der Waals surface area contributed by atoms with Gasteiger partial charge < -0.3 is 19.9 Å². The second-order valence-corrected chi connectivity index (χ2v) is 9.56. The van der Waals surface area contributed by atoms with E-state index < -0.39 is 0 Å². The molecule has 164 valence electrons. The number of likely N-dealkylation sites (N-methyl/N-ethyl adjacent to an activating group) is 1. The van der Waals surface area contributed by atoms with Crippen molar-refractivity contribution in [3.8, 4) is 0 Å². The first kappa shape index (κ1) is 21.2. The SMILES string of the molecule is CN(C)CC(=O)N1C[C@H]2C[C@H](OCC3CC3)[C@@H](NC(=O)Cc3cccnc3)C[C@H]2C1. The predicted octanol–water partition coefficient (Wildman–Crippen LogP) is 1.33. The first-order chi connectivity index (χ1) is 14.5. The summed E-state index contributed by atoms with van der Waals surface area (Å²) < 4.78 is 6.30. The predicted molar refractivity (Wildman–Crippen MR) is 114 cm³/mol. The lowest BCUT2D eigenvalue weighted by molar-refractivity contribution is -0.131. The molecule has 1 N–H and O–H groups in total. The van der Waals surface area contributed by atoms with E-state index in [2.05, 4.69) is 10.3 Å². The number of carbonyl (C=O) groups is 2. The Bertz CT molecular complexity index is 737. The highest BCUT2D eigenvalue weighted by Crippen LogP contribution is 2.39. The van der Waals surface area contributed by atoms with Crippen LogP contribution in [0.15, 0.2) is 24.5 Å². The molecule has 1 aromatic rings. The van der Waals surface area contributed by atoms with Crippen LogP contribution in [0.2, 0.25) is 0 Å². The van der Waals surface area contributed by atoms with Crippen LogP contribution in [0.1, 0.15) is 31.2 Å². The quantitative estimate of drug-likeness (QED) is 0.695. The second-order valence-electron chi connectivity index (χ2n) is 9.56. The molecule has 3 fully saturated rings. The number of fused-ring (bicyclic) bond motifs is 1. The van der Waals surface area contributed by atoms with Crippen LogP contribution in [0.5, 0.6) is 0 Å². The van der Waals surface area contributed by atoms with Gasteiger partial charge in [-0.05, 0) is 69.2 Å². The number of nitrogens with one attached hydrogen (secondary N) is 1. The fraction of sp³-hybridized carbons (Fsp3) is 0.696. The minimum atomic E-state index is 0.0121. The number of ether oxygens (including phenoxy) is 1. The third-order valence-electron chi connectivity index (χ3n) is 6.60. The van der Waals surface area contributed by atoms with Gasteiger partial charge in [-0.15, -0.1) is 0 Å². The molecule has 0 unspecified atom stereocenters. The van der Waals surface area contributed by atoms with Crippen LogP contribution in [0.3, 0.4) is 0 Å². The molecule has 0 aromatic carbocycles. The molecular formula is C23H34N4O3. The van der Waals surface area contributed by atoms with Crippen LogP contribution < -0.4 is 5.32 Å². The number of nitrogens with zero attached hydrogens (tertiary/aromatic N) is 3. The van der Waals surface area contributed by atoms with Gasteiger partial charge in [-0.1, -0.05) is 6.07 Å². The molecule has 4 rings (SSSR count). The van der Waals surface area contributed by atoms with E-state index in [9.17, 15) is 9.59 Å². The summed E-state index contributed by atoms with van der Waals surface area (Å²) in [5.41, 5.74) is 0.917. The normalized spacial score (nSPS) is 28.4. The van der Waals surface area contributed by atoms with Crippen molar-refractivity contribution < 1.29 is 14.3 Å². The molecular weight excluding hydrogens is 380 g/mol. The highest BCUT2D eigenvalue weighted by atomic mass is 16.5. The fourth-order valence-corrected chi connectivity index (χ4v) is 4.81. The van der Waals surface area contributed by atoms with Crippen molar-refractivity contribution >= 4 is 11.8 Å². The summed E-state index contributed by atoms with van der Waals surface area (Å²) in [4.78, 5) is 33.3. The Kier molecular flexibility index (Phi) is 6.68. The van der Waals surface area contributed by atoms with Gasteiger partial charge in [0.25, 0.3) is 0 Å². The van der Waals surface area contributed by atoms with E-state index >= 15 is 0 Å². The third-order valence-corrected chi connectivity index (χ3v) is 6.60. The highest BCUT2D eigenvalue weighted by molar-refractivity contribution is 5.79. The second kappa shape index (κ2) is 9.43. The van der Waals surface area contributed by atoms with Gasteiger partial charge in [0.15, 0.2) is 0 Å². The summed E-state index contributed by atoms with van der Waals surface area (Å²) in [6.45, 7) is 2.85. The van der Waals surface area contributed by atoms with Crippen molar-refractivity contribution in [3.63, 3.8) is 0 Å². The summed E-state index contributed by atoms with van der Waals surface area (Å²) in [5.74, 6) is 1.80.